The summed E-state index contributed by atoms with van der Waals surface area (Å²) >= 11 is 0. The topological polar surface area (TPSA) is 44.5 Å². The van der Waals surface area contributed by atoms with E-state index in [4.69, 9.17) is 15.2 Å². The zero-order valence-electron chi connectivity index (χ0n) is 11.8. The molecular weight excluding hydrogens is 238 g/mol. The first-order chi connectivity index (χ1) is 9.31. The van der Waals surface area contributed by atoms with Crippen molar-refractivity contribution in [2.45, 2.75) is 50.9 Å². The van der Waals surface area contributed by atoms with E-state index in [9.17, 15) is 0 Å². The average molecular weight is 263 g/mol. The Bertz CT molecular complexity index is 349. The van der Waals surface area contributed by atoms with E-state index >= 15 is 0 Å². The zero-order chi connectivity index (χ0) is 13.5. The first kappa shape index (κ1) is 14.5. The summed E-state index contributed by atoms with van der Waals surface area (Å²) in [6.45, 7) is 3.61. The first-order valence-corrected chi connectivity index (χ1v) is 7.35. The van der Waals surface area contributed by atoms with E-state index in [0.29, 0.717) is 12.7 Å². The molecule has 19 heavy (non-hydrogen) atoms. The van der Waals surface area contributed by atoms with Gasteiger partial charge in [0.2, 0.25) is 0 Å². The van der Waals surface area contributed by atoms with Crippen molar-refractivity contribution in [2.75, 3.05) is 13.2 Å². The molecule has 3 heteroatoms. The van der Waals surface area contributed by atoms with Gasteiger partial charge in [0.05, 0.1) is 12.2 Å². The van der Waals surface area contributed by atoms with Crippen molar-refractivity contribution in [3.8, 4) is 0 Å². The Labute approximate surface area is 116 Å². The maximum Gasteiger partial charge on any atom is 0.0975 e. The zero-order valence-corrected chi connectivity index (χ0v) is 11.8. The molecule has 0 aromatic heterocycles. The lowest BCUT2D eigenvalue weighted by Crippen LogP contribution is -2.31. The standard InChI is InChI=1S/C16H25NO2/c1-2-18-16(13-7-4-3-5-8-13)15(17)11-10-14-9-6-12-19-14/h3-5,7-8,14-16H,2,6,9-12,17H2,1H3. The van der Waals surface area contributed by atoms with Gasteiger partial charge in [-0.3, -0.25) is 0 Å². The third kappa shape index (κ3) is 4.30. The van der Waals surface area contributed by atoms with Gasteiger partial charge < -0.3 is 15.2 Å². The van der Waals surface area contributed by atoms with Gasteiger partial charge in [-0.25, -0.2) is 0 Å². The fourth-order valence-electron chi connectivity index (χ4n) is 2.69. The van der Waals surface area contributed by atoms with Crippen LogP contribution in [0.15, 0.2) is 30.3 Å². The molecule has 2 N–H and O–H groups in total. The lowest BCUT2D eigenvalue weighted by molar-refractivity contribution is 0.0343. The van der Waals surface area contributed by atoms with Crippen molar-refractivity contribution < 1.29 is 9.47 Å². The predicted molar refractivity (Wildman–Crippen MR) is 77.0 cm³/mol. The van der Waals surface area contributed by atoms with Crippen molar-refractivity contribution in [3.05, 3.63) is 35.9 Å². The van der Waals surface area contributed by atoms with Crippen LogP contribution in [0.3, 0.4) is 0 Å². The van der Waals surface area contributed by atoms with Gasteiger partial charge in [-0.15, -0.1) is 0 Å². The maximum absolute atomic E-state index is 6.33. The number of rotatable bonds is 7. The Morgan fingerprint density at radius 2 is 2.16 bits per heavy atom. The predicted octanol–water partition coefficient (Wildman–Crippen LogP) is 3.05. The van der Waals surface area contributed by atoms with Gasteiger partial charge in [0.1, 0.15) is 0 Å². The fraction of sp³-hybridized carbons (Fsp3) is 0.625. The van der Waals surface area contributed by atoms with Crippen molar-refractivity contribution in [3.63, 3.8) is 0 Å². The molecule has 0 amide bonds. The molecule has 3 unspecified atom stereocenters. The van der Waals surface area contributed by atoms with Gasteiger partial charge in [0.25, 0.3) is 0 Å². The summed E-state index contributed by atoms with van der Waals surface area (Å²) in [5.41, 5.74) is 7.50. The Kier molecular flexibility index (Phi) is 5.83. The third-order valence-corrected chi connectivity index (χ3v) is 3.71. The minimum atomic E-state index is -0.00685. The summed E-state index contributed by atoms with van der Waals surface area (Å²) in [6, 6.07) is 10.3. The average Bonchev–Trinajstić information content (AvgIpc) is 2.96. The van der Waals surface area contributed by atoms with E-state index in [-0.39, 0.29) is 12.1 Å². The molecule has 0 saturated carbocycles. The molecule has 1 fully saturated rings. The molecule has 1 saturated heterocycles. The number of ether oxygens (including phenoxy) is 2. The van der Waals surface area contributed by atoms with E-state index in [0.717, 1.165) is 19.4 Å². The van der Waals surface area contributed by atoms with Crippen LogP contribution in [0.1, 0.15) is 44.3 Å². The molecule has 1 aliphatic heterocycles. The fourth-order valence-corrected chi connectivity index (χ4v) is 2.69. The molecule has 1 aromatic rings. The van der Waals surface area contributed by atoms with Crippen LogP contribution in [-0.2, 0) is 9.47 Å². The minimum Gasteiger partial charge on any atom is -0.378 e. The SMILES string of the molecule is CCOC(c1ccccc1)C(N)CCC1CCCO1. The highest BCUT2D eigenvalue weighted by Gasteiger charge is 2.23. The van der Waals surface area contributed by atoms with Crippen molar-refractivity contribution in [2.24, 2.45) is 5.73 Å². The molecule has 1 aliphatic rings. The second kappa shape index (κ2) is 7.63. The van der Waals surface area contributed by atoms with Crippen LogP contribution < -0.4 is 5.73 Å². The number of hydrogen-bond acceptors (Lipinski definition) is 3. The molecule has 1 heterocycles. The highest BCUT2D eigenvalue weighted by Crippen LogP contribution is 2.25. The van der Waals surface area contributed by atoms with Crippen molar-refractivity contribution in [1.82, 2.24) is 0 Å². The van der Waals surface area contributed by atoms with Crippen molar-refractivity contribution >= 4 is 0 Å². The van der Waals surface area contributed by atoms with E-state index < -0.39 is 0 Å². The summed E-state index contributed by atoms with van der Waals surface area (Å²) in [5, 5.41) is 0. The number of hydrogen-bond donors (Lipinski definition) is 1. The number of nitrogens with two attached hydrogens (primary N) is 1. The van der Waals surface area contributed by atoms with Crippen molar-refractivity contribution in [1.29, 1.82) is 0 Å². The van der Waals surface area contributed by atoms with Gasteiger partial charge >= 0.3 is 0 Å². The molecule has 0 aliphatic carbocycles. The Balaban J connectivity index is 1.90. The third-order valence-electron chi connectivity index (χ3n) is 3.71. The lowest BCUT2D eigenvalue weighted by atomic mass is 9.97. The van der Waals surface area contributed by atoms with Crippen LogP contribution in [0.4, 0.5) is 0 Å². The van der Waals surface area contributed by atoms with E-state index in [1.807, 2.05) is 25.1 Å². The second-order valence-electron chi connectivity index (χ2n) is 5.16. The molecule has 0 spiro atoms. The van der Waals surface area contributed by atoms with Gasteiger partial charge in [-0.2, -0.15) is 0 Å². The van der Waals surface area contributed by atoms with Crippen LogP contribution in [0, 0.1) is 0 Å². The molecule has 3 atom stereocenters. The second-order valence-corrected chi connectivity index (χ2v) is 5.16. The van der Waals surface area contributed by atoms with Crippen LogP contribution in [0.2, 0.25) is 0 Å². The molecule has 0 radical (unpaired) electrons. The van der Waals surface area contributed by atoms with Gasteiger partial charge in [0.15, 0.2) is 0 Å². The molecule has 106 valence electrons. The highest BCUT2D eigenvalue weighted by atomic mass is 16.5. The summed E-state index contributed by atoms with van der Waals surface area (Å²) < 4.78 is 11.5. The van der Waals surface area contributed by atoms with E-state index in [1.165, 1.54) is 18.4 Å². The van der Waals surface area contributed by atoms with Crippen LogP contribution in [-0.4, -0.2) is 25.4 Å². The quantitative estimate of drug-likeness (QED) is 0.822. The summed E-state index contributed by atoms with van der Waals surface area (Å²) in [5.74, 6) is 0. The van der Waals surface area contributed by atoms with Crippen LogP contribution in [0.5, 0.6) is 0 Å². The lowest BCUT2D eigenvalue weighted by Gasteiger charge is -2.25. The molecule has 3 nitrogen and oxygen atoms in total. The Hall–Kier alpha value is -0.900. The molecule has 1 aromatic carbocycles. The first-order valence-electron chi connectivity index (χ1n) is 7.35. The summed E-state index contributed by atoms with van der Waals surface area (Å²) in [4.78, 5) is 0. The van der Waals surface area contributed by atoms with E-state index in [1.54, 1.807) is 0 Å². The van der Waals surface area contributed by atoms with Gasteiger partial charge in [0, 0.05) is 19.3 Å². The summed E-state index contributed by atoms with van der Waals surface area (Å²) in [6.07, 6.45) is 4.75. The minimum absolute atomic E-state index is 0.00685. The maximum atomic E-state index is 6.33. The monoisotopic (exact) mass is 263 g/mol. The smallest absolute Gasteiger partial charge is 0.0975 e. The molecule has 2 rings (SSSR count). The molecular formula is C16H25NO2. The largest absolute Gasteiger partial charge is 0.378 e. The van der Waals surface area contributed by atoms with Gasteiger partial charge in [-0.05, 0) is 38.2 Å². The molecule has 0 bridgehead atoms. The number of benzene rings is 1. The Morgan fingerprint density at radius 3 is 2.79 bits per heavy atom. The highest BCUT2D eigenvalue weighted by molar-refractivity contribution is 5.19. The normalized spacial score (nSPS) is 22.3. The summed E-state index contributed by atoms with van der Waals surface area (Å²) in [7, 11) is 0. The van der Waals surface area contributed by atoms with Crippen LogP contribution >= 0.6 is 0 Å². The van der Waals surface area contributed by atoms with E-state index in [2.05, 4.69) is 12.1 Å². The van der Waals surface area contributed by atoms with Crippen LogP contribution in [0.25, 0.3) is 0 Å². The Morgan fingerprint density at radius 1 is 1.37 bits per heavy atom. The van der Waals surface area contributed by atoms with Gasteiger partial charge in [-0.1, -0.05) is 30.3 Å².